The van der Waals surface area contributed by atoms with Crippen molar-refractivity contribution in [2.24, 2.45) is 17.3 Å². The van der Waals surface area contributed by atoms with Crippen LogP contribution in [0.3, 0.4) is 0 Å². The van der Waals surface area contributed by atoms with E-state index in [0.29, 0.717) is 0 Å². The largest absolute Gasteiger partial charge is 0.313 e. The molecule has 3 unspecified atom stereocenters. The molecule has 0 aromatic rings. The van der Waals surface area contributed by atoms with Gasteiger partial charge in [-0.1, -0.05) is 6.92 Å². The normalized spacial score (nSPS) is 41.5. The van der Waals surface area contributed by atoms with E-state index in [0.717, 1.165) is 29.3 Å². The smallest absolute Gasteiger partial charge is 0.0120 e. The van der Waals surface area contributed by atoms with Crippen LogP contribution in [0.1, 0.15) is 46.0 Å². The Morgan fingerprint density at radius 1 is 1.24 bits per heavy atom. The lowest BCUT2D eigenvalue weighted by Gasteiger charge is -2.40. The molecule has 1 N–H and O–H groups in total. The molecular formula is C15H28N2. The fourth-order valence-corrected chi connectivity index (χ4v) is 3.75. The highest BCUT2D eigenvalue weighted by Gasteiger charge is 2.53. The molecule has 2 nitrogen and oxygen atoms in total. The first-order valence-corrected chi connectivity index (χ1v) is 7.54. The minimum absolute atomic E-state index is 0.750. The van der Waals surface area contributed by atoms with Crippen molar-refractivity contribution in [2.75, 3.05) is 20.1 Å². The highest BCUT2D eigenvalue weighted by molar-refractivity contribution is 5.05. The van der Waals surface area contributed by atoms with Gasteiger partial charge in [0.1, 0.15) is 0 Å². The fraction of sp³-hybridized carbons (Fsp3) is 1.00. The highest BCUT2D eigenvalue weighted by atomic mass is 15.2. The van der Waals surface area contributed by atoms with Crippen LogP contribution in [0.5, 0.6) is 0 Å². The molecule has 0 amide bonds. The zero-order valence-corrected chi connectivity index (χ0v) is 11.7. The third kappa shape index (κ3) is 2.39. The average Bonchev–Trinajstić information content (AvgIpc) is 3.14. The number of piperidine rings is 1. The molecule has 2 saturated carbocycles. The third-order valence-electron chi connectivity index (χ3n) is 5.66. The van der Waals surface area contributed by atoms with Crippen LogP contribution in [0.4, 0.5) is 0 Å². The van der Waals surface area contributed by atoms with Gasteiger partial charge >= 0.3 is 0 Å². The van der Waals surface area contributed by atoms with Crippen LogP contribution in [0.2, 0.25) is 0 Å². The van der Waals surface area contributed by atoms with Crippen molar-refractivity contribution in [3.05, 3.63) is 0 Å². The summed E-state index contributed by atoms with van der Waals surface area (Å²) < 4.78 is 0. The van der Waals surface area contributed by atoms with E-state index in [-0.39, 0.29) is 0 Å². The number of hydrogen-bond acceptors (Lipinski definition) is 2. The maximum atomic E-state index is 3.92. The van der Waals surface area contributed by atoms with Crippen LogP contribution >= 0.6 is 0 Å². The summed E-state index contributed by atoms with van der Waals surface area (Å²) >= 11 is 0. The molecule has 3 rings (SSSR count). The summed E-state index contributed by atoms with van der Waals surface area (Å²) in [6.45, 7) is 7.35. The van der Waals surface area contributed by atoms with Crippen molar-refractivity contribution in [3.63, 3.8) is 0 Å². The van der Waals surface area contributed by atoms with E-state index in [9.17, 15) is 0 Å². The standard InChI is InChI=1S/C15H28N2/c1-11-9-17(3)12(2)8-14(11)16-10-15(6-7-15)13-4-5-13/h11-14,16H,4-10H2,1-3H3. The van der Waals surface area contributed by atoms with Crippen molar-refractivity contribution >= 4 is 0 Å². The van der Waals surface area contributed by atoms with Crippen molar-refractivity contribution < 1.29 is 0 Å². The Hall–Kier alpha value is -0.0800. The third-order valence-corrected chi connectivity index (χ3v) is 5.66. The molecule has 17 heavy (non-hydrogen) atoms. The summed E-state index contributed by atoms with van der Waals surface area (Å²) in [5.41, 5.74) is 0.756. The molecule has 3 aliphatic rings. The predicted octanol–water partition coefficient (Wildman–Crippen LogP) is 2.49. The molecule has 98 valence electrons. The van der Waals surface area contributed by atoms with Crippen LogP contribution < -0.4 is 5.32 Å². The second kappa shape index (κ2) is 4.24. The second-order valence-electron chi connectivity index (χ2n) is 7.13. The van der Waals surface area contributed by atoms with Gasteiger partial charge in [0.15, 0.2) is 0 Å². The molecule has 0 bridgehead atoms. The van der Waals surface area contributed by atoms with E-state index in [2.05, 4.69) is 31.1 Å². The highest BCUT2D eigenvalue weighted by Crippen LogP contribution is 2.60. The van der Waals surface area contributed by atoms with Crippen molar-refractivity contribution in [2.45, 2.75) is 58.0 Å². The predicted molar refractivity (Wildman–Crippen MR) is 72.1 cm³/mol. The molecule has 0 aromatic heterocycles. The van der Waals surface area contributed by atoms with Gasteiger partial charge in [-0.05, 0) is 63.3 Å². The monoisotopic (exact) mass is 236 g/mol. The summed E-state index contributed by atoms with van der Waals surface area (Å²) in [5.74, 6) is 1.90. The van der Waals surface area contributed by atoms with E-state index in [1.165, 1.54) is 45.2 Å². The maximum Gasteiger partial charge on any atom is 0.0120 e. The lowest BCUT2D eigenvalue weighted by Crippen LogP contribution is -2.51. The molecular weight excluding hydrogens is 208 g/mol. The maximum absolute atomic E-state index is 3.92. The molecule has 0 radical (unpaired) electrons. The topological polar surface area (TPSA) is 15.3 Å². The van der Waals surface area contributed by atoms with Crippen LogP contribution in [0, 0.1) is 17.3 Å². The van der Waals surface area contributed by atoms with E-state index >= 15 is 0 Å². The van der Waals surface area contributed by atoms with Gasteiger partial charge in [0.05, 0.1) is 0 Å². The summed E-state index contributed by atoms with van der Waals surface area (Å²) in [7, 11) is 2.27. The molecule has 2 heteroatoms. The van der Waals surface area contributed by atoms with Gasteiger partial charge in [-0.15, -0.1) is 0 Å². The van der Waals surface area contributed by atoms with Gasteiger partial charge in [0.25, 0.3) is 0 Å². The number of nitrogens with one attached hydrogen (secondary N) is 1. The van der Waals surface area contributed by atoms with Crippen LogP contribution in [0.25, 0.3) is 0 Å². The molecule has 0 spiro atoms. The zero-order valence-electron chi connectivity index (χ0n) is 11.7. The molecule has 1 aliphatic heterocycles. The second-order valence-corrected chi connectivity index (χ2v) is 7.13. The van der Waals surface area contributed by atoms with Gasteiger partial charge in [-0.25, -0.2) is 0 Å². The minimum atomic E-state index is 0.750. The molecule has 2 aliphatic carbocycles. The Kier molecular flexibility index (Phi) is 2.99. The van der Waals surface area contributed by atoms with Gasteiger partial charge < -0.3 is 10.2 Å². The van der Waals surface area contributed by atoms with Crippen LogP contribution in [-0.4, -0.2) is 37.1 Å². The molecule has 3 atom stereocenters. The Bertz CT molecular complexity index is 281. The Balaban J connectivity index is 1.51. The summed E-state index contributed by atoms with van der Waals surface area (Å²) in [6, 6.07) is 1.51. The van der Waals surface area contributed by atoms with E-state index in [1.807, 2.05) is 0 Å². The molecule has 3 fully saturated rings. The van der Waals surface area contributed by atoms with Gasteiger partial charge in [-0.3, -0.25) is 0 Å². The molecule has 1 saturated heterocycles. The van der Waals surface area contributed by atoms with Gasteiger partial charge in [-0.2, -0.15) is 0 Å². The van der Waals surface area contributed by atoms with E-state index < -0.39 is 0 Å². The summed E-state index contributed by atoms with van der Waals surface area (Å²) in [5, 5.41) is 3.92. The van der Waals surface area contributed by atoms with Crippen molar-refractivity contribution in [1.29, 1.82) is 0 Å². The minimum Gasteiger partial charge on any atom is -0.313 e. The first kappa shape index (κ1) is 12.0. The lowest BCUT2D eigenvalue weighted by atomic mass is 9.89. The Labute approximate surface area is 106 Å². The summed E-state index contributed by atoms with van der Waals surface area (Å²) in [4.78, 5) is 2.51. The van der Waals surface area contributed by atoms with Crippen LogP contribution in [-0.2, 0) is 0 Å². The zero-order chi connectivity index (χ0) is 12.0. The first-order chi connectivity index (χ1) is 8.11. The van der Waals surface area contributed by atoms with Gasteiger partial charge in [0.2, 0.25) is 0 Å². The van der Waals surface area contributed by atoms with Gasteiger partial charge in [0, 0.05) is 25.2 Å². The summed E-state index contributed by atoms with van der Waals surface area (Å²) in [6.07, 6.45) is 7.36. The lowest BCUT2D eigenvalue weighted by molar-refractivity contribution is 0.117. The number of rotatable bonds is 4. The molecule has 0 aromatic carbocycles. The average molecular weight is 236 g/mol. The number of likely N-dealkylation sites (tertiary alicyclic amines) is 1. The fourth-order valence-electron chi connectivity index (χ4n) is 3.75. The Morgan fingerprint density at radius 2 is 1.94 bits per heavy atom. The quantitative estimate of drug-likeness (QED) is 0.807. The van der Waals surface area contributed by atoms with Crippen LogP contribution in [0.15, 0.2) is 0 Å². The van der Waals surface area contributed by atoms with Crippen molar-refractivity contribution in [3.8, 4) is 0 Å². The van der Waals surface area contributed by atoms with Crippen molar-refractivity contribution in [1.82, 2.24) is 10.2 Å². The number of nitrogens with zero attached hydrogens (tertiary/aromatic N) is 1. The van der Waals surface area contributed by atoms with E-state index in [4.69, 9.17) is 0 Å². The Morgan fingerprint density at radius 3 is 2.53 bits per heavy atom. The molecule has 1 heterocycles. The van der Waals surface area contributed by atoms with E-state index in [1.54, 1.807) is 0 Å². The SMILES string of the molecule is CC1CN(C)C(C)CC1NCC1(C2CC2)CC1. The first-order valence-electron chi connectivity index (χ1n) is 7.54. The number of hydrogen-bond donors (Lipinski definition) is 1.